The van der Waals surface area contributed by atoms with E-state index >= 15 is 0 Å². The van der Waals surface area contributed by atoms with Gasteiger partial charge >= 0.3 is 0 Å². The Kier molecular flexibility index (Phi) is 5.36. The maximum Gasteiger partial charge on any atom is 0.252 e. The van der Waals surface area contributed by atoms with E-state index in [0.29, 0.717) is 33.6 Å². The van der Waals surface area contributed by atoms with Gasteiger partial charge < -0.3 is 5.32 Å². The zero-order valence-corrected chi connectivity index (χ0v) is 14.6. The van der Waals surface area contributed by atoms with Crippen molar-refractivity contribution in [3.8, 4) is 0 Å². The third kappa shape index (κ3) is 3.94. The molecule has 0 saturated carbocycles. The Labute approximate surface area is 144 Å². The number of amides is 1. The minimum atomic E-state index is -0.669. The SMILES string of the molecule is CC(C)(NC(=O)c1ccc(Cl)c(Cl)c1)c1cn(CCS)nn1. The number of carbonyl (C=O) groups is 1. The second kappa shape index (κ2) is 6.89. The molecule has 0 unspecified atom stereocenters. The Hall–Kier alpha value is -1.24. The largest absolute Gasteiger partial charge is 0.341 e. The van der Waals surface area contributed by atoms with Gasteiger partial charge in [0.1, 0.15) is 5.69 Å². The Bertz CT molecular complexity index is 687. The average molecular weight is 359 g/mol. The zero-order valence-electron chi connectivity index (χ0n) is 12.2. The normalized spacial score (nSPS) is 11.5. The summed E-state index contributed by atoms with van der Waals surface area (Å²) in [6, 6.07) is 4.75. The van der Waals surface area contributed by atoms with Gasteiger partial charge in [-0.1, -0.05) is 28.4 Å². The molecule has 1 heterocycles. The number of aromatic nitrogens is 3. The molecular weight excluding hydrogens is 343 g/mol. The Morgan fingerprint density at radius 3 is 2.73 bits per heavy atom. The first-order chi connectivity index (χ1) is 10.3. The lowest BCUT2D eigenvalue weighted by molar-refractivity contribution is 0.0910. The fourth-order valence-corrected chi connectivity index (χ4v) is 2.36. The maximum absolute atomic E-state index is 12.3. The van der Waals surface area contributed by atoms with Crippen molar-refractivity contribution in [1.82, 2.24) is 20.3 Å². The average Bonchev–Trinajstić information content (AvgIpc) is 2.91. The third-order valence-electron chi connectivity index (χ3n) is 3.12. The van der Waals surface area contributed by atoms with Gasteiger partial charge in [-0.05, 0) is 32.0 Å². The first-order valence-electron chi connectivity index (χ1n) is 6.62. The van der Waals surface area contributed by atoms with Crippen molar-refractivity contribution >= 4 is 41.7 Å². The molecule has 0 bridgehead atoms. The highest BCUT2D eigenvalue weighted by atomic mass is 35.5. The highest BCUT2D eigenvalue weighted by Crippen LogP contribution is 2.24. The molecule has 1 aromatic heterocycles. The first kappa shape index (κ1) is 17.1. The zero-order chi connectivity index (χ0) is 16.3. The molecule has 0 radical (unpaired) electrons. The highest BCUT2D eigenvalue weighted by Gasteiger charge is 2.27. The molecule has 0 saturated heterocycles. The van der Waals surface area contributed by atoms with Crippen molar-refractivity contribution in [1.29, 1.82) is 0 Å². The molecule has 0 aliphatic heterocycles. The fourth-order valence-electron chi connectivity index (χ4n) is 1.85. The minimum Gasteiger partial charge on any atom is -0.341 e. The van der Waals surface area contributed by atoms with Gasteiger partial charge in [0.25, 0.3) is 5.91 Å². The van der Waals surface area contributed by atoms with Crippen LogP contribution in [0.5, 0.6) is 0 Å². The van der Waals surface area contributed by atoms with Crippen LogP contribution in [0, 0.1) is 0 Å². The van der Waals surface area contributed by atoms with Crippen LogP contribution in [0.1, 0.15) is 29.9 Å². The molecule has 0 aliphatic rings. The number of aryl methyl sites for hydroxylation is 1. The van der Waals surface area contributed by atoms with Crippen LogP contribution in [0.15, 0.2) is 24.4 Å². The monoisotopic (exact) mass is 358 g/mol. The first-order valence-corrected chi connectivity index (χ1v) is 8.01. The van der Waals surface area contributed by atoms with Gasteiger partial charge in [-0.25, -0.2) is 0 Å². The van der Waals surface area contributed by atoms with Gasteiger partial charge in [0, 0.05) is 11.3 Å². The molecule has 0 spiro atoms. The fraction of sp³-hybridized carbons (Fsp3) is 0.357. The van der Waals surface area contributed by atoms with Crippen LogP contribution in [0.3, 0.4) is 0 Å². The molecule has 1 amide bonds. The van der Waals surface area contributed by atoms with Gasteiger partial charge in [0.05, 0.1) is 28.3 Å². The van der Waals surface area contributed by atoms with Gasteiger partial charge in [-0.15, -0.1) is 5.10 Å². The Morgan fingerprint density at radius 2 is 2.09 bits per heavy atom. The lowest BCUT2D eigenvalue weighted by Crippen LogP contribution is -2.41. The highest BCUT2D eigenvalue weighted by molar-refractivity contribution is 7.80. The van der Waals surface area contributed by atoms with Gasteiger partial charge in [-0.2, -0.15) is 12.6 Å². The molecule has 118 valence electrons. The van der Waals surface area contributed by atoms with Crippen LogP contribution in [0.25, 0.3) is 0 Å². The molecule has 1 N–H and O–H groups in total. The van der Waals surface area contributed by atoms with Crippen molar-refractivity contribution in [3.05, 3.63) is 45.7 Å². The van der Waals surface area contributed by atoms with Crippen molar-refractivity contribution < 1.29 is 4.79 Å². The van der Waals surface area contributed by atoms with E-state index in [1.165, 1.54) is 6.07 Å². The summed E-state index contributed by atoms with van der Waals surface area (Å²) in [5, 5.41) is 11.8. The lowest BCUT2D eigenvalue weighted by Gasteiger charge is -2.23. The molecule has 22 heavy (non-hydrogen) atoms. The number of nitrogens with zero attached hydrogens (tertiary/aromatic N) is 3. The summed E-state index contributed by atoms with van der Waals surface area (Å²) < 4.78 is 1.69. The number of hydrogen-bond donors (Lipinski definition) is 2. The summed E-state index contributed by atoms with van der Waals surface area (Å²) in [4.78, 5) is 12.3. The lowest BCUT2D eigenvalue weighted by atomic mass is 10.0. The van der Waals surface area contributed by atoms with Crippen LogP contribution in [-0.4, -0.2) is 26.7 Å². The van der Waals surface area contributed by atoms with E-state index in [-0.39, 0.29) is 5.91 Å². The number of carbonyl (C=O) groups excluding carboxylic acids is 1. The maximum atomic E-state index is 12.3. The summed E-state index contributed by atoms with van der Waals surface area (Å²) in [6.45, 7) is 4.38. The van der Waals surface area contributed by atoms with Crippen LogP contribution in [-0.2, 0) is 12.1 Å². The van der Waals surface area contributed by atoms with Gasteiger partial charge in [0.2, 0.25) is 0 Å². The van der Waals surface area contributed by atoms with E-state index in [9.17, 15) is 4.79 Å². The number of nitrogens with one attached hydrogen (secondary N) is 1. The number of rotatable bonds is 5. The van der Waals surface area contributed by atoms with Crippen LogP contribution in [0.2, 0.25) is 10.0 Å². The number of halogens is 2. The summed E-state index contributed by atoms with van der Waals surface area (Å²) >= 11 is 15.9. The van der Waals surface area contributed by atoms with E-state index in [4.69, 9.17) is 23.2 Å². The molecule has 0 fully saturated rings. The topological polar surface area (TPSA) is 59.8 Å². The number of hydrogen-bond acceptors (Lipinski definition) is 4. The second-order valence-electron chi connectivity index (χ2n) is 5.30. The van der Waals surface area contributed by atoms with E-state index in [1.54, 1.807) is 23.0 Å². The number of thiol groups is 1. The number of benzene rings is 1. The molecule has 2 aromatic rings. The predicted octanol–water partition coefficient (Wildman–Crippen LogP) is 3.18. The molecule has 0 atom stereocenters. The molecular formula is C14H16Cl2N4OS. The van der Waals surface area contributed by atoms with Crippen molar-refractivity contribution in [2.75, 3.05) is 5.75 Å². The molecule has 5 nitrogen and oxygen atoms in total. The summed E-state index contributed by atoms with van der Waals surface area (Å²) in [5.74, 6) is 0.408. The van der Waals surface area contributed by atoms with Crippen molar-refractivity contribution in [2.24, 2.45) is 0 Å². The van der Waals surface area contributed by atoms with E-state index in [0.717, 1.165) is 0 Å². The van der Waals surface area contributed by atoms with Crippen molar-refractivity contribution in [3.63, 3.8) is 0 Å². The van der Waals surface area contributed by atoms with Crippen LogP contribution >= 0.6 is 35.8 Å². The quantitative estimate of drug-likeness (QED) is 0.807. The van der Waals surface area contributed by atoms with E-state index in [1.807, 2.05) is 13.8 Å². The summed E-state index contributed by atoms with van der Waals surface area (Å²) in [6.07, 6.45) is 1.80. The van der Waals surface area contributed by atoms with Crippen LogP contribution in [0.4, 0.5) is 0 Å². The summed E-state index contributed by atoms with van der Waals surface area (Å²) in [7, 11) is 0. The molecule has 8 heteroatoms. The summed E-state index contributed by atoms with van der Waals surface area (Å²) in [5.41, 5.74) is 0.436. The smallest absolute Gasteiger partial charge is 0.252 e. The van der Waals surface area contributed by atoms with Gasteiger partial charge in [0.15, 0.2) is 0 Å². The van der Waals surface area contributed by atoms with Crippen LogP contribution < -0.4 is 5.32 Å². The van der Waals surface area contributed by atoms with Gasteiger partial charge in [-0.3, -0.25) is 9.48 Å². The predicted molar refractivity (Wildman–Crippen MR) is 90.8 cm³/mol. The molecule has 0 aliphatic carbocycles. The molecule has 1 aromatic carbocycles. The Balaban J connectivity index is 2.15. The Morgan fingerprint density at radius 1 is 1.36 bits per heavy atom. The van der Waals surface area contributed by atoms with E-state index in [2.05, 4.69) is 28.3 Å². The van der Waals surface area contributed by atoms with E-state index < -0.39 is 5.54 Å². The third-order valence-corrected chi connectivity index (χ3v) is 4.05. The molecule has 2 rings (SSSR count). The standard InChI is InChI=1S/C14H16Cl2N4OS/c1-14(2,12-8-20(5-6-22)19-18-12)17-13(21)9-3-4-10(15)11(16)7-9/h3-4,7-8,22H,5-6H2,1-2H3,(H,17,21). The minimum absolute atomic E-state index is 0.257. The van der Waals surface area contributed by atoms with Crippen molar-refractivity contribution in [2.45, 2.75) is 25.9 Å². The second-order valence-corrected chi connectivity index (χ2v) is 6.56.